The summed E-state index contributed by atoms with van der Waals surface area (Å²) in [4.78, 5) is 13.4. The number of likely N-dealkylation sites (N-methyl/N-ethyl adjacent to an activating group) is 2. The largest absolute Gasteiger partial charge is 0.369 e. The van der Waals surface area contributed by atoms with E-state index in [2.05, 4.69) is 69.1 Å². The van der Waals surface area contributed by atoms with E-state index in [1.165, 1.54) is 19.3 Å². The molecule has 1 saturated carbocycles. The average Bonchev–Trinajstić information content (AvgIpc) is 2.41. The number of hydrogen-bond acceptors (Lipinski definition) is 5. The first kappa shape index (κ1) is 16.5. The standard InChI is InChI=1S/C15H26BrN5/c1-5-9-17-13-12(16)14(19-11-18-13)21(4)10-15(20(2)3)7-6-8-15/h11H,5-10H2,1-4H3,(H,17,18,19). The summed E-state index contributed by atoms with van der Waals surface area (Å²) in [6, 6.07) is 0. The van der Waals surface area contributed by atoms with E-state index in [1.54, 1.807) is 6.33 Å². The van der Waals surface area contributed by atoms with E-state index < -0.39 is 0 Å². The summed E-state index contributed by atoms with van der Waals surface area (Å²) in [7, 11) is 6.47. The van der Waals surface area contributed by atoms with Gasteiger partial charge in [0.05, 0.1) is 0 Å². The highest BCUT2D eigenvalue weighted by Crippen LogP contribution is 2.38. The van der Waals surface area contributed by atoms with Gasteiger partial charge < -0.3 is 15.1 Å². The molecule has 0 aliphatic heterocycles. The van der Waals surface area contributed by atoms with Crippen LogP contribution in [0.25, 0.3) is 0 Å². The molecule has 0 unspecified atom stereocenters. The van der Waals surface area contributed by atoms with E-state index >= 15 is 0 Å². The number of nitrogens with one attached hydrogen (secondary N) is 1. The van der Waals surface area contributed by atoms with Crippen LogP contribution < -0.4 is 10.2 Å². The second-order valence-corrected chi connectivity index (χ2v) is 6.91. The molecule has 1 aliphatic carbocycles. The van der Waals surface area contributed by atoms with Crippen LogP contribution in [0.2, 0.25) is 0 Å². The average molecular weight is 356 g/mol. The Bertz CT molecular complexity index is 473. The third-order valence-electron chi connectivity index (χ3n) is 4.44. The number of rotatable bonds is 7. The van der Waals surface area contributed by atoms with Crippen molar-refractivity contribution in [3.63, 3.8) is 0 Å². The van der Waals surface area contributed by atoms with Crippen LogP contribution in [0.15, 0.2) is 10.8 Å². The molecule has 0 radical (unpaired) electrons. The maximum Gasteiger partial charge on any atom is 0.148 e. The van der Waals surface area contributed by atoms with Gasteiger partial charge in [0.2, 0.25) is 0 Å². The van der Waals surface area contributed by atoms with Crippen LogP contribution in [0.1, 0.15) is 32.6 Å². The van der Waals surface area contributed by atoms with Crippen molar-refractivity contribution in [3.05, 3.63) is 10.8 Å². The Morgan fingerprint density at radius 3 is 2.52 bits per heavy atom. The van der Waals surface area contributed by atoms with Gasteiger partial charge >= 0.3 is 0 Å². The van der Waals surface area contributed by atoms with Crippen LogP contribution >= 0.6 is 15.9 Å². The highest BCUT2D eigenvalue weighted by molar-refractivity contribution is 9.10. The molecule has 1 heterocycles. The Morgan fingerprint density at radius 2 is 2.00 bits per heavy atom. The molecule has 0 spiro atoms. The minimum atomic E-state index is 0.288. The molecule has 1 aromatic rings. The Hall–Kier alpha value is -0.880. The Labute approximate surface area is 136 Å². The number of nitrogens with zero attached hydrogens (tertiary/aromatic N) is 4. The van der Waals surface area contributed by atoms with Gasteiger partial charge in [-0.05, 0) is 55.7 Å². The third kappa shape index (κ3) is 3.48. The first-order valence-electron chi connectivity index (χ1n) is 7.63. The molecule has 118 valence electrons. The maximum absolute atomic E-state index is 4.46. The fourth-order valence-corrected chi connectivity index (χ4v) is 3.49. The van der Waals surface area contributed by atoms with Crippen molar-refractivity contribution in [2.24, 2.45) is 0 Å². The first-order chi connectivity index (χ1) is 10.00. The molecule has 1 aromatic heterocycles. The first-order valence-corrected chi connectivity index (χ1v) is 8.42. The third-order valence-corrected chi connectivity index (χ3v) is 5.17. The van der Waals surface area contributed by atoms with Gasteiger partial charge in [0, 0.05) is 25.7 Å². The zero-order valence-corrected chi connectivity index (χ0v) is 15.1. The second kappa shape index (κ2) is 6.92. The van der Waals surface area contributed by atoms with Crippen LogP contribution in [-0.4, -0.2) is 54.6 Å². The van der Waals surface area contributed by atoms with Crippen molar-refractivity contribution in [2.75, 3.05) is 44.4 Å². The van der Waals surface area contributed by atoms with Crippen molar-refractivity contribution < 1.29 is 0 Å². The monoisotopic (exact) mass is 355 g/mol. The molecule has 5 nitrogen and oxygen atoms in total. The summed E-state index contributed by atoms with van der Waals surface area (Å²) in [6.45, 7) is 4.05. The number of aromatic nitrogens is 2. The summed E-state index contributed by atoms with van der Waals surface area (Å²) in [6.07, 6.45) is 6.55. The normalized spacial score (nSPS) is 16.7. The molecule has 1 N–H and O–H groups in total. The number of hydrogen-bond donors (Lipinski definition) is 1. The highest BCUT2D eigenvalue weighted by Gasteiger charge is 2.40. The molecule has 1 aliphatic rings. The maximum atomic E-state index is 4.46. The predicted molar refractivity (Wildman–Crippen MR) is 92.1 cm³/mol. The zero-order chi connectivity index (χ0) is 15.5. The lowest BCUT2D eigenvalue weighted by molar-refractivity contribution is 0.0681. The van der Waals surface area contributed by atoms with Crippen LogP contribution in [0.3, 0.4) is 0 Å². The van der Waals surface area contributed by atoms with Crippen LogP contribution in [0.5, 0.6) is 0 Å². The summed E-state index contributed by atoms with van der Waals surface area (Å²) in [5, 5.41) is 3.34. The fraction of sp³-hybridized carbons (Fsp3) is 0.733. The van der Waals surface area contributed by atoms with Gasteiger partial charge in [0.1, 0.15) is 22.4 Å². The lowest BCUT2D eigenvalue weighted by atomic mass is 9.75. The van der Waals surface area contributed by atoms with E-state index in [1.807, 2.05) is 0 Å². The molecule has 21 heavy (non-hydrogen) atoms. The Kier molecular flexibility index (Phi) is 5.43. The summed E-state index contributed by atoms with van der Waals surface area (Å²) < 4.78 is 0.953. The summed E-state index contributed by atoms with van der Waals surface area (Å²) in [5.74, 6) is 1.83. The van der Waals surface area contributed by atoms with E-state index in [0.29, 0.717) is 0 Å². The molecule has 0 bridgehead atoms. The number of anilines is 2. The zero-order valence-electron chi connectivity index (χ0n) is 13.5. The van der Waals surface area contributed by atoms with Gasteiger partial charge in [0.15, 0.2) is 0 Å². The van der Waals surface area contributed by atoms with E-state index in [9.17, 15) is 0 Å². The van der Waals surface area contributed by atoms with Crippen LogP contribution in [-0.2, 0) is 0 Å². The second-order valence-electron chi connectivity index (χ2n) is 6.12. The smallest absolute Gasteiger partial charge is 0.148 e. The topological polar surface area (TPSA) is 44.3 Å². The Balaban J connectivity index is 2.13. The van der Waals surface area contributed by atoms with Gasteiger partial charge in [0.25, 0.3) is 0 Å². The van der Waals surface area contributed by atoms with Crippen LogP contribution in [0.4, 0.5) is 11.6 Å². The number of halogens is 1. The Morgan fingerprint density at radius 1 is 1.29 bits per heavy atom. The molecule has 0 atom stereocenters. The highest BCUT2D eigenvalue weighted by atomic mass is 79.9. The summed E-state index contributed by atoms with van der Waals surface area (Å²) in [5.41, 5.74) is 0.288. The molecular weight excluding hydrogens is 330 g/mol. The van der Waals surface area contributed by atoms with E-state index in [4.69, 9.17) is 0 Å². The van der Waals surface area contributed by atoms with E-state index in [-0.39, 0.29) is 5.54 Å². The molecule has 2 rings (SSSR count). The molecule has 0 saturated heterocycles. The van der Waals surface area contributed by atoms with Crippen molar-refractivity contribution in [1.29, 1.82) is 0 Å². The lowest BCUT2D eigenvalue weighted by Gasteiger charge is -2.49. The SMILES string of the molecule is CCCNc1ncnc(N(C)CC2(N(C)C)CCC2)c1Br. The molecule has 0 aromatic carbocycles. The van der Waals surface area contributed by atoms with E-state index in [0.717, 1.165) is 35.6 Å². The molecule has 0 amide bonds. The minimum Gasteiger partial charge on any atom is -0.369 e. The van der Waals surface area contributed by atoms with Crippen molar-refractivity contribution in [2.45, 2.75) is 38.1 Å². The fourth-order valence-electron chi connectivity index (χ4n) is 2.84. The van der Waals surface area contributed by atoms with Gasteiger partial charge in [-0.3, -0.25) is 0 Å². The van der Waals surface area contributed by atoms with Gasteiger partial charge in [-0.25, -0.2) is 9.97 Å². The van der Waals surface area contributed by atoms with Gasteiger partial charge in [-0.15, -0.1) is 0 Å². The van der Waals surface area contributed by atoms with Crippen molar-refractivity contribution in [1.82, 2.24) is 14.9 Å². The molecule has 1 fully saturated rings. The van der Waals surface area contributed by atoms with Gasteiger partial charge in [-0.2, -0.15) is 0 Å². The predicted octanol–water partition coefficient (Wildman–Crippen LogP) is 2.98. The quantitative estimate of drug-likeness (QED) is 0.814. The van der Waals surface area contributed by atoms with Crippen molar-refractivity contribution >= 4 is 27.6 Å². The summed E-state index contributed by atoms with van der Waals surface area (Å²) >= 11 is 3.65. The minimum absolute atomic E-state index is 0.288. The molecular formula is C15H26BrN5. The van der Waals surface area contributed by atoms with Crippen LogP contribution in [0, 0.1) is 0 Å². The van der Waals surface area contributed by atoms with Gasteiger partial charge in [-0.1, -0.05) is 6.92 Å². The lowest BCUT2D eigenvalue weighted by Crippen LogP contribution is -2.56. The van der Waals surface area contributed by atoms with Crippen molar-refractivity contribution in [3.8, 4) is 0 Å². The molecule has 6 heteroatoms.